The number of ether oxygens (including phenoxy) is 1. The Morgan fingerprint density at radius 3 is 2.42 bits per heavy atom. The van der Waals surface area contributed by atoms with E-state index in [0.717, 1.165) is 10.6 Å². The maximum Gasteiger partial charge on any atom is 0.255 e. The van der Waals surface area contributed by atoms with E-state index in [4.69, 9.17) is 13.6 Å². The van der Waals surface area contributed by atoms with Gasteiger partial charge in [0.1, 0.15) is 28.4 Å². The van der Waals surface area contributed by atoms with E-state index in [2.05, 4.69) is 15.3 Å². The molecule has 218 valence electrons. The SMILES string of the molecule is CNC(=O)c1c(-c2ccc(F)cc2)oc2cc(N(C)S(C)(=O)=O)c(-c3cnc(OC)c(-c4cc5ncccc5o4)c3)cc12. The van der Waals surface area contributed by atoms with Crippen LogP contribution in [0.5, 0.6) is 5.88 Å². The Morgan fingerprint density at radius 1 is 0.977 bits per heavy atom. The molecule has 0 saturated carbocycles. The third-order valence-electron chi connectivity index (χ3n) is 7.11. The molecule has 0 unspecified atom stereocenters. The third kappa shape index (κ3) is 4.95. The molecule has 0 radical (unpaired) electrons. The molecule has 0 aliphatic carbocycles. The predicted molar refractivity (Wildman–Crippen MR) is 161 cm³/mol. The van der Waals surface area contributed by atoms with E-state index < -0.39 is 21.7 Å². The molecule has 0 atom stereocenters. The van der Waals surface area contributed by atoms with Crippen molar-refractivity contribution in [3.8, 4) is 39.7 Å². The Kier molecular flexibility index (Phi) is 6.85. The minimum atomic E-state index is -3.73. The van der Waals surface area contributed by atoms with E-state index in [0.29, 0.717) is 44.5 Å². The topological polar surface area (TPSA) is 128 Å². The van der Waals surface area contributed by atoms with Crippen LogP contribution in [0.3, 0.4) is 0 Å². The molecule has 10 nitrogen and oxygen atoms in total. The van der Waals surface area contributed by atoms with Crippen molar-refractivity contribution < 1.29 is 31.2 Å². The highest BCUT2D eigenvalue weighted by Crippen LogP contribution is 2.43. The zero-order valence-electron chi connectivity index (χ0n) is 23.5. The number of furan rings is 2. The van der Waals surface area contributed by atoms with Gasteiger partial charge in [-0.3, -0.25) is 14.1 Å². The van der Waals surface area contributed by atoms with Gasteiger partial charge < -0.3 is 18.9 Å². The van der Waals surface area contributed by atoms with Gasteiger partial charge in [0.05, 0.1) is 30.2 Å². The normalized spacial score (nSPS) is 11.7. The summed E-state index contributed by atoms with van der Waals surface area (Å²) in [6.07, 6.45) is 4.29. The number of nitrogens with one attached hydrogen (secondary N) is 1. The van der Waals surface area contributed by atoms with Gasteiger partial charge in [-0.2, -0.15) is 0 Å². The van der Waals surface area contributed by atoms with Crippen LogP contribution >= 0.6 is 0 Å². The number of halogens is 1. The fourth-order valence-electron chi connectivity index (χ4n) is 4.90. The van der Waals surface area contributed by atoms with Crippen molar-refractivity contribution in [3.05, 3.63) is 84.4 Å². The molecule has 6 aromatic rings. The number of methoxy groups -OCH3 is 1. The van der Waals surface area contributed by atoms with Gasteiger partial charge in [-0.1, -0.05) is 0 Å². The first-order valence-electron chi connectivity index (χ1n) is 13.0. The maximum absolute atomic E-state index is 13.7. The Labute approximate surface area is 245 Å². The predicted octanol–water partition coefficient (Wildman–Crippen LogP) is 5.87. The number of rotatable bonds is 7. The molecule has 4 aromatic heterocycles. The third-order valence-corrected chi connectivity index (χ3v) is 8.30. The van der Waals surface area contributed by atoms with Gasteiger partial charge in [-0.15, -0.1) is 0 Å². The molecule has 6 rings (SSSR count). The summed E-state index contributed by atoms with van der Waals surface area (Å²) in [6.45, 7) is 0. The monoisotopic (exact) mass is 600 g/mol. The van der Waals surface area contributed by atoms with Gasteiger partial charge in [0, 0.05) is 60.7 Å². The number of anilines is 1. The Bertz CT molecular complexity index is 2100. The summed E-state index contributed by atoms with van der Waals surface area (Å²) in [7, 11) is 0.669. The van der Waals surface area contributed by atoms with E-state index in [-0.39, 0.29) is 28.5 Å². The molecule has 12 heteroatoms. The summed E-state index contributed by atoms with van der Waals surface area (Å²) in [5.41, 5.74) is 3.92. The van der Waals surface area contributed by atoms with Crippen molar-refractivity contribution in [2.75, 3.05) is 31.8 Å². The van der Waals surface area contributed by atoms with E-state index in [1.807, 2.05) is 0 Å². The maximum atomic E-state index is 13.7. The second kappa shape index (κ2) is 10.6. The van der Waals surface area contributed by atoms with E-state index >= 15 is 0 Å². The number of carbonyl (C=O) groups excluding carboxylic acids is 1. The number of hydrogen-bond donors (Lipinski definition) is 1. The number of hydrogen-bond acceptors (Lipinski definition) is 8. The van der Waals surface area contributed by atoms with Crippen LogP contribution in [0.4, 0.5) is 10.1 Å². The van der Waals surface area contributed by atoms with Crippen LogP contribution in [0.15, 0.2) is 81.9 Å². The average molecular weight is 601 g/mol. The lowest BCUT2D eigenvalue weighted by Gasteiger charge is -2.21. The lowest BCUT2D eigenvalue weighted by atomic mass is 9.98. The molecular formula is C31H25FN4O6S. The number of aromatic nitrogens is 2. The molecule has 4 heterocycles. The summed E-state index contributed by atoms with van der Waals surface area (Å²) >= 11 is 0. The molecule has 0 fully saturated rings. The minimum absolute atomic E-state index is 0.211. The summed E-state index contributed by atoms with van der Waals surface area (Å²) in [5, 5.41) is 3.05. The Morgan fingerprint density at radius 2 is 1.74 bits per heavy atom. The summed E-state index contributed by atoms with van der Waals surface area (Å²) < 4.78 is 58.0. The number of nitrogens with zero attached hydrogens (tertiary/aromatic N) is 3. The number of pyridine rings is 2. The standard InChI is InChI=1S/C31H25FN4O6S/c1-33-30(37)28-21-13-20(18-12-22(31(40-3)35-16-18)26-14-23-25(41-26)6-5-11-34-23)24(36(2)43(4,38)39)15-27(21)42-29(28)17-7-9-19(32)10-8-17/h5-16H,1-4H3,(H,33,37). The van der Waals surface area contributed by atoms with Crippen LogP contribution in [-0.2, 0) is 10.0 Å². The minimum Gasteiger partial charge on any atom is -0.480 e. The first-order chi connectivity index (χ1) is 20.6. The summed E-state index contributed by atoms with van der Waals surface area (Å²) in [5.74, 6) is 0.0740. The van der Waals surface area contributed by atoms with Crippen LogP contribution in [-0.4, -0.2) is 51.8 Å². The number of benzene rings is 2. The van der Waals surface area contributed by atoms with Crippen LogP contribution in [0.25, 0.3) is 55.8 Å². The first kappa shape index (κ1) is 27.9. The van der Waals surface area contributed by atoms with Crippen molar-refractivity contribution in [1.82, 2.24) is 15.3 Å². The van der Waals surface area contributed by atoms with Gasteiger partial charge in [0.2, 0.25) is 15.9 Å². The largest absolute Gasteiger partial charge is 0.480 e. The van der Waals surface area contributed by atoms with Crippen LogP contribution in [0, 0.1) is 5.82 Å². The van der Waals surface area contributed by atoms with Crippen LogP contribution in [0.2, 0.25) is 0 Å². The molecular weight excluding hydrogens is 575 g/mol. The van der Waals surface area contributed by atoms with Crippen molar-refractivity contribution in [2.45, 2.75) is 0 Å². The molecule has 43 heavy (non-hydrogen) atoms. The lowest BCUT2D eigenvalue weighted by Crippen LogP contribution is -2.25. The number of fused-ring (bicyclic) bond motifs is 2. The highest BCUT2D eigenvalue weighted by atomic mass is 32.2. The molecule has 0 bridgehead atoms. The first-order valence-corrected chi connectivity index (χ1v) is 14.9. The zero-order chi connectivity index (χ0) is 30.5. The Balaban J connectivity index is 1.64. The van der Waals surface area contributed by atoms with E-state index in [1.165, 1.54) is 45.5 Å². The Hall–Kier alpha value is -5.23. The van der Waals surface area contributed by atoms with Crippen LogP contribution < -0.4 is 14.4 Å². The van der Waals surface area contributed by atoms with E-state index in [1.54, 1.807) is 48.8 Å². The van der Waals surface area contributed by atoms with Gasteiger partial charge in [-0.25, -0.2) is 17.8 Å². The molecule has 0 aliphatic rings. The second-order valence-corrected chi connectivity index (χ2v) is 11.8. The molecule has 0 spiro atoms. The molecule has 2 aromatic carbocycles. The van der Waals surface area contributed by atoms with Crippen molar-refractivity contribution in [2.24, 2.45) is 0 Å². The fraction of sp³-hybridized carbons (Fsp3) is 0.129. The highest BCUT2D eigenvalue weighted by Gasteiger charge is 2.27. The number of carbonyl (C=O) groups is 1. The molecule has 0 saturated heterocycles. The van der Waals surface area contributed by atoms with Gasteiger partial charge in [-0.05, 0) is 48.5 Å². The molecule has 0 aliphatic heterocycles. The fourth-order valence-corrected chi connectivity index (χ4v) is 5.41. The summed E-state index contributed by atoms with van der Waals surface area (Å²) in [4.78, 5) is 22.0. The van der Waals surface area contributed by atoms with Crippen molar-refractivity contribution >= 4 is 43.7 Å². The van der Waals surface area contributed by atoms with Crippen molar-refractivity contribution in [1.29, 1.82) is 0 Å². The highest BCUT2D eigenvalue weighted by molar-refractivity contribution is 7.92. The van der Waals surface area contributed by atoms with Gasteiger partial charge in [0.25, 0.3) is 5.91 Å². The zero-order valence-corrected chi connectivity index (χ0v) is 24.3. The van der Waals surface area contributed by atoms with Crippen LogP contribution in [0.1, 0.15) is 10.4 Å². The van der Waals surface area contributed by atoms with Crippen molar-refractivity contribution in [3.63, 3.8) is 0 Å². The quantitative estimate of drug-likeness (QED) is 0.241. The average Bonchev–Trinajstić information content (AvgIpc) is 3.61. The number of amides is 1. The second-order valence-electron chi connectivity index (χ2n) is 9.77. The van der Waals surface area contributed by atoms with Gasteiger partial charge >= 0.3 is 0 Å². The lowest BCUT2D eigenvalue weighted by molar-refractivity contribution is 0.0964. The molecule has 1 amide bonds. The van der Waals surface area contributed by atoms with Gasteiger partial charge in [0.15, 0.2) is 5.58 Å². The smallest absolute Gasteiger partial charge is 0.255 e. The number of sulfonamides is 1. The summed E-state index contributed by atoms with van der Waals surface area (Å²) in [6, 6.07) is 15.9. The van der Waals surface area contributed by atoms with E-state index in [9.17, 15) is 17.6 Å². The molecule has 1 N–H and O–H groups in total.